The molecule has 9 heteroatoms. The normalized spacial score (nSPS) is 29.5. The molecule has 0 unspecified atom stereocenters. The minimum atomic E-state index is -1.32. The molecular formula is C19H25NO8. The van der Waals surface area contributed by atoms with Crippen molar-refractivity contribution in [2.45, 2.75) is 63.7 Å². The molecule has 0 aromatic heterocycles. The molecule has 0 aliphatic carbocycles. The maximum atomic E-state index is 12.2. The summed E-state index contributed by atoms with van der Waals surface area (Å²) in [6.45, 7) is 4.75. The number of carbonyl (C=O) groups is 2. The molecule has 1 aromatic rings. The number of nitrogens with zero attached hydrogens (tertiary/aromatic N) is 1. The Morgan fingerprint density at radius 1 is 1.21 bits per heavy atom. The molecule has 1 N–H and O–H groups in total. The van der Waals surface area contributed by atoms with E-state index in [-0.39, 0.29) is 6.54 Å². The third-order valence-corrected chi connectivity index (χ3v) is 4.58. The van der Waals surface area contributed by atoms with Crippen LogP contribution in [0.1, 0.15) is 26.3 Å². The molecule has 2 saturated heterocycles. The van der Waals surface area contributed by atoms with E-state index in [1.807, 2.05) is 30.3 Å². The monoisotopic (exact) mass is 395 g/mol. The van der Waals surface area contributed by atoms with Crippen LogP contribution in [0.3, 0.4) is 0 Å². The van der Waals surface area contributed by atoms with Crippen LogP contribution in [-0.2, 0) is 39.9 Å². The molecule has 0 bridgehead atoms. The van der Waals surface area contributed by atoms with Crippen molar-refractivity contribution in [3.05, 3.63) is 35.9 Å². The van der Waals surface area contributed by atoms with Gasteiger partial charge in [0.05, 0.1) is 6.54 Å². The summed E-state index contributed by atoms with van der Waals surface area (Å²) in [5.41, 5.74) is 0.775. The van der Waals surface area contributed by atoms with Crippen LogP contribution in [0.2, 0.25) is 0 Å². The molecule has 0 radical (unpaired) electrons. The van der Waals surface area contributed by atoms with Gasteiger partial charge < -0.3 is 28.9 Å². The number of carbonyl (C=O) groups excluding carboxylic acids is 1. The highest BCUT2D eigenvalue weighted by atomic mass is 16.8. The Bertz CT molecular complexity index is 709. The summed E-state index contributed by atoms with van der Waals surface area (Å²) in [6.07, 6.45) is -3.07. The Morgan fingerprint density at radius 3 is 2.43 bits per heavy atom. The molecule has 28 heavy (non-hydrogen) atoms. The molecule has 2 aliphatic rings. The van der Waals surface area contributed by atoms with Crippen molar-refractivity contribution in [2.75, 3.05) is 7.11 Å². The lowest BCUT2D eigenvalue weighted by Crippen LogP contribution is -2.53. The van der Waals surface area contributed by atoms with Gasteiger partial charge in [-0.15, -0.1) is 5.06 Å². The third kappa shape index (κ3) is 4.34. The third-order valence-electron chi connectivity index (χ3n) is 4.58. The molecule has 0 spiro atoms. The number of benzene rings is 1. The van der Waals surface area contributed by atoms with Gasteiger partial charge in [0.15, 0.2) is 18.1 Å². The van der Waals surface area contributed by atoms with E-state index in [2.05, 4.69) is 0 Å². The van der Waals surface area contributed by atoms with Crippen LogP contribution in [0.25, 0.3) is 0 Å². The quantitative estimate of drug-likeness (QED) is 0.684. The predicted octanol–water partition coefficient (Wildman–Crippen LogP) is 1.31. The molecule has 3 rings (SSSR count). The van der Waals surface area contributed by atoms with Crippen molar-refractivity contribution >= 4 is 11.9 Å². The first-order chi connectivity index (χ1) is 13.2. The van der Waals surface area contributed by atoms with Crippen LogP contribution in [0, 0.1) is 0 Å². The Hall–Kier alpha value is -2.04. The van der Waals surface area contributed by atoms with Gasteiger partial charge >= 0.3 is 11.9 Å². The van der Waals surface area contributed by atoms with Gasteiger partial charge in [-0.25, -0.2) is 0 Å². The van der Waals surface area contributed by atoms with Crippen LogP contribution in [0.15, 0.2) is 30.3 Å². The van der Waals surface area contributed by atoms with Gasteiger partial charge in [0.1, 0.15) is 18.3 Å². The number of hydroxylamine groups is 2. The first kappa shape index (κ1) is 20.7. The van der Waals surface area contributed by atoms with E-state index < -0.39 is 48.4 Å². The number of hydrogen-bond acceptors (Lipinski definition) is 8. The lowest BCUT2D eigenvalue weighted by Gasteiger charge is -2.32. The van der Waals surface area contributed by atoms with Crippen molar-refractivity contribution in [1.82, 2.24) is 5.06 Å². The summed E-state index contributed by atoms with van der Waals surface area (Å²) in [4.78, 5) is 29.1. The molecule has 2 heterocycles. The smallest absolute Gasteiger partial charge is 0.327 e. The lowest BCUT2D eigenvalue weighted by atomic mass is 10.0. The fraction of sp³-hybridized carbons (Fsp3) is 0.579. The number of aliphatic carboxylic acids is 1. The fourth-order valence-corrected chi connectivity index (χ4v) is 3.58. The van der Waals surface area contributed by atoms with E-state index in [0.29, 0.717) is 0 Å². The van der Waals surface area contributed by atoms with Crippen molar-refractivity contribution in [3.63, 3.8) is 0 Å². The molecule has 0 saturated carbocycles. The standard InChI is InChI=1S/C19H25NO8/c1-11(21)28-20(10-12-8-6-5-7-9-12)13(17(22)23)14-15-16(18(24-4)25-14)27-19(2,3)26-15/h5-9,13-16,18H,10H2,1-4H3,(H,22,23)/t13-,14+,15-,16-,18-/m0/s1. The van der Waals surface area contributed by atoms with Gasteiger partial charge in [-0.05, 0) is 19.4 Å². The Balaban J connectivity index is 1.91. The number of carboxylic acid groups (broad SMARTS) is 1. The topological polar surface area (TPSA) is 104 Å². The number of methoxy groups -OCH3 is 1. The molecule has 154 valence electrons. The van der Waals surface area contributed by atoms with Crippen LogP contribution in [-0.4, -0.2) is 65.6 Å². The van der Waals surface area contributed by atoms with Crippen molar-refractivity contribution in [2.24, 2.45) is 0 Å². The van der Waals surface area contributed by atoms with Crippen LogP contribution in [0.5, 0.6) is 0 Å². The van der Waals surface area contributed by atoms with E-state index in [9.17, 15) is 14.7 Å². The maximum absolute atomic E-state index is 12.2. The highest BCUT2D eigenvalue weighted by molar-refractivity contribution is 5.75. The second-order valence-electron chi connectivity index (χ2n) is 7.20. The van der Waals surface area contributed by atoms with Crippen molar-refractivity contribution in [1.29, 1.82) is 0 Å². The second-order valence-corrected chi connectivity index (χ2v) is 7.20. The number of ether oxygens (including phenoxy) is 4. The molecule has 2 aliphatic heterocycles. The van der Waals surface area contributed by atoms with Gasteiger partial charge in [0.25, 0.3) is 0 Å². The average Bonchev–Trinajstić information content (AvgIpc) is 3.08. The highest BCUT2D eigenvalue weighted by Gasteiger charge is 2.60. The van der Waals surface area contributed by atoms with Gasteiger partial charge in [0.2, 0.25) is 0 Å². The minimum Gasteiger partial charge on any atom is -0.480 e. The maximum Gasteiger partial charge on any atom is 0.327 e. The van der Waals surface area contributed by atoms with Crippen LogP contribution >= 0.6 is 0 Å². The zero-order valence-electron chi connectivity index (χ0n) is 16.2. The Morgan fingerprint density at radius 2 is 1.86 bits per heavy atom. The summed E-state index contributed by atoms with van der Waals surface area (Å²) in [6, 6.07) is 7.77. The zero-order valence-corrected chi connectivity index (χ0v) is 16.2. The summed E-state index contributed by atoms with van der Waals surface area (Å²) in [7, 11) is 1.45. The van der Waals surface area contributed by atoms with Crippen LogP contribution in [0.4, 0.5) is 0 Å². The largest absolute Gasteiger partial charge is 0.480 e. The van der Waals surface area contributed by atoms with E-state index in [0.717, 1.165) is 10.6 Å². The van der Waals surface area contributed by atoms with E-state index in [1.54, 1.807) is 13.8 Å². The number of hydrogen-bond donors (Lipinski definition) is 1. The summed E-state index contributed by atoms with van der Waals surface area (Å²) < 4.78 is 22.8. The Kier molecular flexibility index (Phi) is 6.01. The minimum absolute atomic E-state index is 0.0660. The number of fused-ring (bicyclic) bond motifs is 1. The van der Waals surface area contributed by atoms with Crippen molar-refractivity contribution in [3.8, 4) is 0 Å². The van der Waals surface area contributed by atoms with E-state index in [4.69, 9.17) is 23.8 Å². The van der Waals surface area contributed by atoms with Gasteiger partial charge in [-0.2, -0.15) is 0 Å². The SMILES string of the molecule is CO[C@H]1O[C@H]([C@@H](C(=O)O)N(Cc2ccccc2)OC(C)=O)[C@@H]2OC(C)(C)O[C@H]12. The van der Waals surface area contributed by atoms with Crippen LogP contribution < -0.4 is 0 Å². The molecule has 0 amide bonds. The van der Waals surface area contributed by atoms with E-state index in [1.165, 1.54) is 14.0 Å². The summed E-state index contributed by atoms with van der Waals surface area (Å²) in [5, 5.41) is 11.1. The summed E-state index contributed by atoms with van der Waals surface area (Å²) >= 11 is 0. The second kappa shape index (κ2) is 8.14. The Labute approximate surface area is 163 Å². The fourth-order valence-electron chi connectivity index (χ4n) is 3.58. The molecule has 5 atom stereocenters. The lowest BCUT2D eigenvalue weighted by molar-refractivity contribution is -0.256. The highest BCUT2D eigenvalue weighted by Crippen LogP contribution is 2.41. The zero-order chi connectivity index (χ0) is 20.5. The van der Waals surface area contributed by atoms with Crippen molar-refractivity contribution < 1.29 is 38.5 Å². The average molecular weight is 395 g/mol. The van der Waals surface area contributed by atoms with Gasteiger partial charge in [0, 0.05) is 14.0 Å². The first-order valence-corrected chi connectivity index (χ1v) is 8.97. The number of carboxylic acids is 1. The van der Waals surface area contributed by atoms with Gasteiger partial charge in [-0.3, -0.25) is 9.59 Å². The molecular weight excluding hydrogens is 370 g/mol. The molecule has 2 fully saturated rings. The van der Waals surface area contributed by atoms with E-state index >= 15 is 0 Å². The molecule has 9 nitrogen and oxygen atoms in total. The predicted molar refractivity (Wildman–Crippen MR) is 94.7 cm³/mol. The molecule has 1 aromatic carbocycles. The number of rotatable bonds is 7. The van der Waals surface area contributed by atoms with Gasteiger partial charge in [-0.1, -0.05) is 30.3 Å². The summed E-state index contributed by atoms with van der Waals surface area (Å²) in [5.74, 6) is -2.77. The first-order valence-electron chi connectivity index (χ1n) is 8.97.